The number of hydrogen-bond donors (Lipinski definition) is 3. The van der Waals surface area contributed by atoms with Crippen molar-refractivity contribution in [3.05, 3.63) is 0 Å². The molecule has 0 spiro atoms. The SMILES string of the molecule is O=C(COP)C(O)C(O)[C@H](O)COP. The molecule has 0 aliphatic heterocycles. The quantitative estimate of drug-likeness (QED) is 0.460. The molecule has 0 bridgehead atoms. The highest BCUT2D eigenvalue weighted by Crippen LogP contribution is 2.04. The Kier molecular flexibility index (Phi) is 7.78. The minimum atomic E-state index is -1.68. The van der Waals surface area contributed by atoms with Crippen LogP contribution in [0.2, 0.25) is 0 Å². The third-order valence-electron chi connectivity index (χ3n) is 1.54. The minimum Gasteiger partial charge on any atom is -0.388 e. The van der Waals surface area contributed by atoms with Gasteiger partial charge in [-0.25, -0.2) is 0 Å². The summed E-state index contributed by atoms with van der Waals surface area (Å²) in [5.41, 5.74) is 0. The second kappa shape index (κ2) is 7.60. The first-order valence-corrected chi connectivity index (χ1v) is 4.69. The molecule has 0 saturated heterocycles. The third-order valence-corrected chi connectivity index (χ3v) is 1.90. The fourth-order valence-corrected chi connectivity index (χ4v) is 1.13. The predicted molar refractivity (Wildman–Crippen MR) is 54.4 cm³/mol. The van der Waals surface area contributed by atoms with E-state index in [-0.39, 0.29) is 13.2 Å². The average molecular weight is 244 g/mol. The standard InChI is InChI=1S/C6H14O6P2/c7-3(1-11-13)5(9)6(10)4(8)2-12-14/h3,5-7,9-10H,1-2,13-14H2/t3-,5?,6?/m1/s1. The van der Waals surface area contributed by atoms with Crippen LogP contribution in [0.4, 0.5) is 0 Å². The van der Waals surface area contributed by atoms with Crippen molar-refractivity contribution in [1.82, 2.24) is 0 Å². The number of hydrogen-bond acceptors (Lipinski definition) is 6. The number of ketones is 1. The van der Waals surface area contributed by atoms with E-state index in [1.54, 1.807) is 0 Å². The van der Waals surface area contributed by atoms with Gasteiger partial charge in [-0.15, -0.1) is 0 Å². The van der Waals surface area contributed by atoms with Crippen LogP contribution in [-0.4, -0.2) is 52.6 Å². The van der Waals surface area contributed by atoms with Gasteiger partial charge in [-0.1, -0.05) is 0 Å². The Hall–Kier alpha value is 0.330. The topological polar surface area (TPSA) is 96.2 Å². The predicted octanol–water partition coefficient (Wildman–Crippen LogP) is -1.75. The molecular formula is C6H14O6P2. The van der Waals surface area contributed by atoms with Gasteiger partial charge in [0.15, 0.2) is 5.78 Å². The fourth-order valence-electron chi connectivity index (χ4n) is 0.766. The van der Waals surface area contributed by atoms with E-state index in [0.29, 0.717) is 0 Å². The van der Waals surface area contributed by atoms with Crippen LogP contribution >= 0.6 is 18.9 Å². The summed E-state index contributed by atoms with van der Waals surface area (Å²) in [4.78, 5) is 11.0. The first-order chi connectivity index (χ1) is 6.54. The van der Waals surface area contributed by atoms with Crippen molar-refractivity contribution >= 4 is 24.7 Å². The van der Waals surface area contributed by atoms with E-state index in [1.807, 2.05) is 18.9 Å². The van der Waals surface area contributed by atoms with E-state index >= 15 is 0 Å². The van der Waals surface area contributed by atoms with Crippen molar-refractivity contribution in [2.45, 2.75) is 18.3 Å². The second-order valence-corrected chi connectivity index (χ2v) is 3.28. The average Bonchev–Trinajstić information content (AvgIpc) is 2.16. The Morgan fingerprint density at radius 3 is 2.21 bits per heavy atom. The fraction of sp³-hybridized carbons (Fsp3) is 0.833. The van der Waals surface area contributed by atoms with Crippen LogP contribution < -0.4 is 0 Å². The van der Waals surface area contributed by atoms with Crippen molar-refractivity contribution < 1.29 is 29.2 Å². The summed E-state index contributed by atoms with van der Waals surface area (Å²) in [7, 11) is 3.72. The van der Waals surface area contributed by atoms with Gasteiger partial charge < -0.3 is 24.4 Å². The van der Waals surface area contributed by atoms with Gasteiger partial charge in [0.2, 0.25) is 0 Å². The Labute approximate surface area is 86.2 Å². The van der Waals surface area contributed by atoms with Gasteiger partial charge >= 0.3 is 0 Å². The molecule has 3 N–H and O–H groups in total. The van der Waals surface area contributed by atoms with Gasteiger partial charge in [-0.3, -0.25) is 4.79 Å². The van der Waals surface area contributed by atoms with Crippen molar-refractivity contribution in [3.63, 3.8) is 0 Å². The monoisotopic (exact) mass is 244 g/mol. The summed E-state index contributed by atoms with van der Waals surface area (Å²) in [5.74, 6) is -0.713. The second-order valence-electron chi connectivity index (χ2n) is 2.61. The van der Waals surface area contributed by atoms with Crippen LogP contribution in [0.15, 0.2) is 0 Å². The number of carbonyl (C=O) groups excluding carboxylic acids is 1. The zero-order valence-corrected chi connectivity index (χ0v) is 9.68. The molecule has 0 saturated carbocycles. The molecule has 0 heterocycles. The molecule has 0 amide bonds. The lowest BCUT2D eigenvalue weighted by Gasteiger charge is -2.20. The van der Waals surface area contributed by atoms with Crippen molar-refractivity contribution in [2.75, 3.05) is 13.2 Å². The molecule has 0 aliphatic rings. The number of carbonyl (C=O) groups is 1. The Bertz CT molecular complexity index is 178. The van der Waals surface area contributed by atoms with E-state index in [2.05, 4.69) is 9.05 Å². The van der Waals surface area contributed by atoms with Crippen LogP contribution in [0.3, 0.4) is 0 Å². The van der Waals surface area contributed by atoms with Crippen LogP contribution in [0.25, 0.3) is 0 Å². The normalized spacial score (nSPS) is 17.5. The maximum Gasteiger partial charge on any atom is 0.189 e. The number of Topliss-reactive ketones (excluding diaryl/α,β-unsaturated/α-hetero) is 1. The van der Waals surface area contributed by atoms with Crippen LogP contribution in [0.1, 0.15) is 0 Å². The lowest BCUT2D eigenvalue weighted by molar-refractivity contribution is -0.141. The van der Waals surface area contributed by atoms with Crippen molar-refractivity contribution in [1.29, 1.82) is 0 Å². The van der Waals surface area contributed by atoms with Crippen LogP contribution in [-0.2, 0) is 13.8 Å². The Morgan fingerprint density at radius 2 is 1.79 bits per heavy atom. The number of aliphatic hydroxyl groups is 3. The molecule has 5 atom stereocenters. The van der Waals surface area contributed by atoms with Gasteiger partial charge in [-0.05, 0) is 0 Å². The van der Waals surface area contributed by atoms with Crippen molar-refractivity contribution in [2.24, 2.45) is 0 Å². The van der Waals surface area contributed by atoms with Gasteiger partial charge in [0.05, 0.1) is 6.61 Å². The lowest BCUT2D eigenvalue weighted by atomic mass is 10.1. The van der Waals surface area contributed by atoms with E-state index < -0.39 is 24.1 Å². The Balaban J connectivity index is 4.08. The van der Waals surface area contributed by atoms with Gasteiger partial charge in [0.1, 0.15) is 24.9 Å². The number of aliphatic hydroxyl groups excluding tert-OH is 3. The highest BCUT2D eigenvalue weighted by molar-refractivity contribution is 7.10. The molecule has 0 aliphatic carbocycles. The summed E-state index contributed by atoms with van der Waals surface area (Å²) in [6, 6.07) is 0. The summed E-state index contributed by atoms with van der Waals surface area (Å²) >= 11 is 0. The largest absolute Gasteiger partial charge is 0.388 e. The summed E-state index contributed by atoms with van der Waals surface area (Å²) < 4.78 is 8.86. The van der Waals surface area contributed by atoms with E-state index in [4.69, 9.17) is 5.11 Å². The Morgan fingerprint density at radius 1 is 1.21 bits per heavy atom. The molecule has 14 heavy (non-hydrogen) atoms. The first-order valence-electron chi connectivity index (χ1n) is 3.74. The molecule has 0 aromatic carbocycles. The molecule has 8 heteroatoms. The van der Waals surface area contributed by atoms with Gasteiger partial charge in [-0.2, -0.15) is 0 Å². The molecule has 4 unspecified atom stereocenters. The summed E-state index contributed by atoms with van der Waals surface area (Å²) in [6.45, 7) is -0.546. The summed E-state index contributed by atoms with van der Waals surface area (Å²) in [5, 5.41) is 27.6. The zero-order valence-electron chi connectivity index (χ0n) is 7.37. The molecule has 0 fully saturated rings. The molecule has 84 valence electrons. The lowest BCUT2D eigenvalue weighted by Crippen LogP contribution is -2.44. The third kappa shape index (κ3) is 4.71. The minimum absolute atomic E-state index is 0.197. The maximum absolute atomic E-state index is 11.0. The maximum atomic E-state index is 11.0. The summed E-state index contributed by atoms with van der Waals surface area (Å²) in [6.07, 6.45) is -4.58. The van der Waals surface area contributed by atoms with E-state index in [1.165, 1.54) is 0 Å². The first kappa shape index (κ1) is 14.3. The molecule has 0 radical (unpaired) electrons. The van der Waals surface area contributed by atoms with Gasteiger partial charge in [0.25, 0.3) is 0 Å². The van der Waals surface area contributed by atoms with Crippen molar-refractivity contribution in [3.8, 4) is 0 Å². The molecule has 0 rings (SSSR count). The van der Waals surface area contributed by atoms with Gasteiger partial charge in [0, 0.05) is 18.9 Å². The molecule has 0 aromatic rings. The van der Waals surface area contributed by atoms with Crippen LogP contribution in [0, 0.1) is 0 Å². The smallest absolute Gasteiger partial charge is 0.189 e. The highest BCUT2D eigenvalue weighted by atomic mass is 31.0. The molecule has 0 aromatic heterocycles. The van der Waals surface area contributed by atoms with Crippen LogP contribution in [0.5, 0.6) is 0 Å². The van der Waals surface area contributed by atoms with E-state index in [9.17, 15) is 15.0 Å². The highest BCUT2D eigenvalue weighted by Gasteiger charge is 2.29. The van der Waals surface area contributed by atoms with E-state index in [0.717, 1.165) is 0 Å². The molecular weight excluding hydrogens is 230 g/mol. The number of rotatable bonds is 7. The zero-order chi connectivity index (χ0) is 11.1. The molecule has 6 nitrogen and oxygen atoms in total.